The molecule has 1 aromatic carbocycles. The van der Waals surface area contributed by atoms with Crippen molar-refractivity contribution in [2.24, 2.45) is 0 Å². The maximum absolute atomic E-state index is 9.09. The zero-order valence-electron chi connectivity index (χ0n) is 9.73. The Morgan fingerprint density at radius 1 is 1.31 bits per heavy atom. The van der Waals surface area contributed by atoms with E-state index in [2.05, 4.69) is 43.0 Å². The zero-order valence-corrected chi connectivity index (χ0v) is 9.73. The van der Waals surface area contributed by atoms with E-state index in [9.17, 15) is 0 Å². The molecule has 1 unspecified atom stereocenters. The molecule has 0 amide bonds. The Bertz CT molecular complexity index is 402. The van der Waals surface area contributed by atoms with E-state index in [1.807, 2.05) is 0 Å². The van der Waals surface area contributed by atoms with Crippen LogP contribution in [-0.4, -0.2) is 25.8 Å². The fourth-order valence-corrected chi connectivity index (χ4v) is 2.14. The first-order chi connectivity index (χ1) is 7.70. The molecule has 0 aliphatic carbocycles. The summed E-state index contributed by atoms with van der Waals surface area (Å²) in [6.45, 7) is 6.16. The minimum Gasteiger partial charge on any atom is -0.376 e. The highest BCUT2D eigenvalue weighted by atomic mass is 16.5. The van der Waals surface area contributed by atoms with Crippen LogP contribution < -0.4 is 4.90 Å². The average molecular weight is 216 g/mol. The number of morpholine rings is 1. The van der Waals surface area contributed by atoms with E-state index in [0.29, 0.717) is 13.2 Å². The van der Waals surface area contributed by atoms with Gasteiger partial charge in [-0.3, -0.25) is 0 Å². The number of hydrogen-bond donors (Lipinski definition) is 0. The minimum atomic E-state index is -0.157. The molecule has 1 aliphatic heterocycles. The van der Waals surface area contributed by atoms with Gasteiger partial charge in [0.2, 0.25) is 0 Å². The van der Waals surface area contributed by atoms with Crippen LogP contribution in [0.4, 0.5) is 5.69 Å². The summed E-state index contributed by atoms with van der Waals surface area (Å²) in [4.78, 5) is 2.13. The second kappa shape index (κ2) is 4.54. The number of benzene rings is 1. The van der Waals surface area contributed by atoms with Gasteiger partial charge in [0.05, 0.1) is 19.3 Å². The number of rotatable bonds is 1. The van der Waals surface area contributed by atoms with Crippen LogP contribution in [0.3, 0.4) is 0 Å². The Hall–Kier alpha value is -1.53. The molecule has 0 aromatic heterocycles. The van der Waals surface area contributed by atoms with Crippen LogP contribution in [0.5, 0.6) is 0 Å². The lowest BCUT2D eigenvalue weighted by molar-refractivity contribution is 0.107. The summed E-state index contributed by atoms with van der Waals surface area (Å²) in [5.41, 5.74) is 3.60. The second-order valence-electron chi connectivity index (χ2n) is 4.26. The Kier molecular flexibility index (Phi) is 3.12. The average Bonchev–Trinajstić information content (AvgIpc) is 2.27. The molecule has 1 aliphatic rings. The highest BCUT2D eigenvalue weighted by molar-refractivity contribution is 5.53. The van der Waals surface area contributed by atoms with Crippen molar-refractivity contribution < 1.29 is 4.74 Å². The van der Waals surface area contributed by atoms with Crippen LogP contribution >= 0.6 is 0 Å². The van der Waals surface area contributed by atoms with Gasteiger partial charge in [-0.05, 0) is 37.1 Å². The Balaban J connectivity index is 2.31. The van der Waals surface area contributed by atoms with Gasteiger partial charge in [0.25, 0.3) is 0 Å². The van der Waals surface area contributed by atoms with Gasteiger partial charge in [0.15, 0.2) is 0 Å². The second-order valence-corrected chi connectivity index (χ2v) is 4.26. The maximum Gasteiger partial charge on any atom is 0.140 e. The van der Waals surface area contributed by atoms with E-state index < -0.39 is 0 Å². The number of nitriles is 1. The topological polar surface area (TPSA) is 36.3 Å². The van der Waals surface area contributed by atoms with Crippen LogP contribution in [0.2, 0.25) is 0 Å². The molecule has 0 spiro atoms. The summed E-state index contributed by atoms with van der Waals surface area (Å²) in [5, 5.41) is 9.09. The smallest absolute Gasteiger partial charge is 0.140 e. The lowest BCUT2D eigenvalue weighted by atomic mass is 10.1. The van der Waals surface area contributed by atoms with Crippen LogP contribution in [0.1, 0.15) is 11.1 Å². The molecule has 84 valence electrons. The fourth-order valence-electron chi connectivity index (χ4n) is 2.14. The molecule has 0 bridgehead atoms. The van der Waals surface area contributed by atoms with Crippen molar-refractivity contribution in [1.29, 1.82) is 5.26 Å². The van der Waals surface area contributed by atoms with E-state index in [4.69, 9.17) is 10.00 Å². The third kappa shape index (κ3) is 2.17. The van der Waals surface area contributed by atoms with Crippen LogP contribution in [-0.2, 0) is 4.74 Å². The van der Waals surface area contributed by atoms with Gasteiger partial charge in [-0.2, -0.15) is 5.26 Å². The standard InChI is InChI=1S/C13H16N2O/c1-10-5-11(2)7-12(6-10)15-3-4-16-9-13(15)8-14/h5-7,13H,3-4,9H2,1-2H3. The highest BCUT2D eigenvalue weighted by Crippen LogP contribution is 2.22. The van der Waals surface area contributed by atoms with Crippen molar-refractivity contribution in [1.82, 2.24) is 0 Å². The highest BCUT2D eigenvalue weighted by Gasteiger charge is 2.22. The molecule has 0 saturated carbocycles. The number of aryl methyl sites for hydroxylation is 2. The third-order valence-electron chi connectivity index (χ3n) is 2.82. The first-order valence-corrected chi connectivity index (χ1v) is 5.53. The van der Waals surface area contributed by atoms with Crippen molar-refractivity contribution in [2.45, 2.75) is 19.9 Å². The van der Waals surface area contributed by atoms with Gasteiger partial charge in [-0.15, -0.1) is 0 Å². The summed E-state index contributed by atoms with van der Waals surface area (Å²) in [7, 11) is 0. The summed E-state index contributed by atoms with van der Waals surface area (Å²) in [6.07, 6.45) is 0. The normalized spacial score (nSPS) is 20.6. The van der Waals surface area contributed by atoms with Crippen molar-refractivity contribution in [3.63, 3.8) is 0 Å². The first kappa shape index (κ1) is 11.0. The summed E-state index contributed by atoms with van der Waals surface area (Å²) < 4.78 is 5.32. The summed E-state index contributed by atoms with van der Waals surface area (Å²) in [6, 6.07) is 8.53. The molecule has 0 radical (unpaired) electrons. The number of hydrogen-bond acceptors (Lipinski definition) is 3. The van der Waals surface area contributed by atoms with E-state index in [0.717, 1.165) is 12.2 Å². The molecule has 3 heteroatoms. The summed E-state index contributed by atoms with van der Waals surface area (Å²) in [5.74, 6) is 0. The van der Waals surface area contributed by atoms with Crippen molar-refractivity contribution in [3.05, 3.63) is 29.3 Å². The Morgan fingerprint density at radius 3 is 2.62 bits per heavy atom. The summed E-state index contributed by atoms with van der Waals surface area (Å²) >= 11 is 0. The minimum absolute atomic E-state index is 0.157. The molecular weight excluding hydrogens is 200 g/mol. The van der Waals surface area contributed by atoms with E-state index in [-0.39, 0.29) is 6.04 Å². The molecule has 1 heterocycles. The van der Waals surface area contributed by atoms with Crippen LogP contribution in [0.15, 0.2) is 18.2 Å². The monoisotopic (exact) mass is 216 g/mol. The number of anilines is 1. The van der Waals surface area contributed by atoms with Gasteiger partial charge >= 0.3 is 0 Å². The molecular formula is C13H16N2O. The van der Waals surface area contributed by atoms with Gasteiger partial charge in [0, 0.05) is 12.2 Å². The molecule has 1 aromatic rings. The predicted molar refractivity (Wildman–Crippen MR) is 63.5 cm³/mol. The van der Waals surface area contributed by atoms with Crippen LogP contribution in [0.25, 0.3) is 0 Å². The SMILES string of the molecule is Cc1cc(C)cc(N2CCOCC2C#N)c1. The first-order valence-electron chi connectivity index (χ1n) is 5.53. The van der Waals surface area contributed by atoms with Crippen molar-refractivity contribution >= 4 is 5.69 Å². The van der Waals surface area contributed by atoms with Gasteiger partial charge < -0.3 is 9.64 Å². The third-order valence-corrected chi connectivity index (χ3v) is 2.82. The molecule has 0 N–H and O–H groups in total. The zero-order chi connectivity index (χ0) is 11.5. The fraction of sp³-hybridized carbons (Fsp3) is 0.462. The molecule has 2 rings (SSSR count). The largest absolute Gasteiger partial charge is 0.376 e. The molecule has 3 nitrogen and oxygen atoms in total. The van der Waals surface area contributed by atoms with Crippen molar-refractivity contribution in [2.75, 3.05) is 24.7 Å². The lowest BCUT2D eigenvalue weighted by Crippen LogP contribution is -2.44. The Morgan fingerprint density at radius 2 is 2.00 bits per heavy atom. The predicted octanol–water partition coefficient (Wildman–Crippen LogP) is 2.03. The van der Waals surface area contributed by atoms with Gasteiger partial charge in [-0.1, -0.05) is 6.07 Å². The van der Waals surface area contributed by atoms with E-state index >= 15 is 0 Å². The Labute approximate surface area is 96.2 Å². The number of nitrogens with zero attached hydrogens (tertiary/aromatic N) is 2. The lowest BCUT2D eigenvalue weighted by Gasteiger charge is -2.33. The maximum atomic E-state index is 9.09. The van der Waals surface area contributed by atoms with E-state index in [1.165, 1.54) is 11.1 Å². The molecule has 1 atom stereocenters. The van der Waals surface area contributed by atoms with Gasteiger partial charge in [-0.25, -0.2) is 0 Å². The molecule has 1 saturated heterocycles. The van der Waals surface area contributed by atoms with Crippen molar-refractivity contribution in [3.8, 4) is 6.07 Å². The van der Waals surface area contributed by atoms with Gasteiger partial charge in [0.1, 0.15) is 6.04 Å². The molecule has 16 heavy (non-hydrogen) atoms. The molecule has 1 fully saturated rings. The van der Waals surface area contributed by atoms with E-state index in [1.54, 1.807) is 0 Å². The number of ether oxygens (including phenoxy) is 1. The van der Waals surface area contributed by atoms with Crippen LogP contribution in [0, 0.1) is 25.2 Å². The quantitative estimate of drug-likeness (QED) is 0.720.